The van der Waals surface area contributed by atoms with Gasteiger partial charge in [-0.05, 0) is 56.0 Å². The Kier molecular flexibility index (Phi) is 6.30. The van der Waals surface area contributed by atoms with Crippen molar-refractivity contribution in [2.45, 2.75) is 45.4 Å². The van der Waals surface area contributed by atoms with E-state index in [0.717, 1.165) is 59.3 Å². The highest BCUT2D eigenvalue weighted by Crippen LogP contribution is 2.35. The Morgan fingerprint density at radius 2 is 1.89 bits per heavy atom. The highest BCUT2D eigenvalue weighted by molar-refractivity contribution is 6.00. The number of H-pyrrole nitrogens is 2. The van der Waals surface area contributed by atoms with E-state index in [1.54, 1.807) is 18.6 Å². The smallest absolute Gasteiger partial charge is 0.224 e. The van der Waals surface area contributed by atoms with E-state index in [2.05, 4.69) is 72.6 Å². The molecule has 37 heavy (non-hydrogen) atoms. The molecule has 8 nitrogen and oxygen atoms in total. The summed E-state index contributed by atoms with van der Waals surface area (Å²) >= 11 is 0. The molecule has 1 aromatic carbocycles. The third kappa shape index (κ3) is 4.67. The number of nitrogens with zero attached hydrogens (tertiary/aromatic N) is 4. The zero-order chi connectivity index (χ0) is 25.2. The van der Waals surface area contributed by atoms with E-state index < -0.39 is 0 Å². The fourth-order valence-electron chi connectivity index (χ4n) is 5.17. The van der Waals surface area contributed by atoms with E-state index in [1.165, 1.54) is 30.3 Å². The highest BCUT2D eigenvalue weighted by Gasteiger charge is 2.17. The average Bonchev–Trinajstić information content (AvgIpc) is 3.56. The van der Waals surface area contributed by atoms with Crippen molar-refractivity contribution in [1.29, 1.82) is 0 Å². The Bertz CT molecular complexity index is 1560. The molecule has 188 valence electrons. The largest absolute Gasteiger partial charge is 0.371 e. The lowest BCUT2D eigenvalue weighted by atomic mass is 10.1. The van der Waals surface area contributed by atoms with Gasteiger partial charge in [-0.1, -0.05) is 19.4 Å². The average molecular weight is 494 g/mol. The number of amides is 1. The molecule has 8 heteroatoms. The number of carbonyl (C=O) groups excluding carboxylic acids is 1. The van der Waals surface area contributed by atoms with Gasteiger partial charge in [0.15, 0.2) is 5.65 Å². The third-order valence-corrected chi connectivity index (χ3v) is 7.13. The van der Waals surface area contributed by atoms with E-state index >= 15 is 0 Å². The molecule has 1 fully saturated rings. The zero-order valence-electron chi connectivity index (χ0n) is 21.1. The summed E-state index contributed by atoms with van der Waals surface area (Å²) in [6.45, 7) is 4.28. The molecule has 4 aromatic heterocycles. The van der Waals surface area contributed by atoms with Gasteiger partial charge in [0.1, 0.15) is 0 Å². The van der Waals surface area contributed by atoms with Crippen LogP contribution in [0.25, 0.3) is 44.5 Å². The van der Waals surface area contributed by atoms with Crippen LogP contribution in [0.2, 0.25) is 0 Å². The predicted octanol–water partition coefficient (Wildman–Crippen LogP) is 6.29. The van der Waals surface area contributed by atoms with Crippen LogP contribution in [0.15, 0.2) is 55.0 Å². The molecule has 0 bridgehead atoms. The van der Waals surface area contributed by atoms with Crippen molar-refractivity contribution in [1.82, 2.24) is 25.1 Å². The Labute approximate surface area is 215 Å². The topological polar surface area (TPSA) is 103 Å². The van der Waals surface area contributed by atoms with Crippen LogP contribution in [-0.2, 0) is 4.79 Å². The second kappa shape index (κ2) is 10.0. The minimum Gasteiger partial charge on any atom is -0.371 e. The maximum atomic E-state index is 12.2. The van der Waals surface area contributed by atoms with Crippen LogP contribution >= 0.6 is 0 Å². The van der Waals surface area contributed by atoms with Crippen LogP contribution in [0.4, 0.5) is 11.4 Å². The molecule has 0 spiro atoms. The number of nitrogens with one attached hydrogen (secondary N) is 3. The molecule has 1 aliphatic rings. The summed E-state index contributed by atoms with van der Waals surface area (Å²) in [5.41, 5.74) is 7.43. The molecule has 1 amide bonds. The van der Waals surface area contributed by atoms with Gasteiger partial charge in [0.25, 0.3) is 0 Å². The number of aromatic amines is 2. The fraction of sp³-hybridized carbons (Fsp3) is 0.310. The van der Waals surface area contributed by atoms with Gasteiger partial charge in [-0.25, -0.2) is 4.98 Å². The summed E-state index contributed by atoms with van der Waals surface area (Å²) in [7, 11) is 0. The van der Waals surface area contributed by atoms with Crippen LogP contribution < -0.4 is 10.2 Å². The molecule has 6 rings (SSSR count). The van der Waals surface area contributed by atoms with Gasteiger partial charge in [0.2, 0.25) is 5.91 Å². The molecule has 0 radical (unpaired) electrons. The number of hydrogen-bond acceptors (Lipinski definition) is 5. The lowest BCUT2D eigenvalue weighted by molar-refractivity contribution is -0.116. The third-order valence-electron chi connectivity index (χ3n) is 7.13. The normalized spacial score (nSPS) is 13.9. The molecule has 5 heterocycles. The number of carbonyl (C=O) groups is 1. The summed E-state index contributed by atoms with van der Waals surface area (Å²) in [6.07, 6.45) is 11.4. The Balaban J connectivity index is 1.34. The number of rotatable bonds is 7. The summed E-state index contributed by atoms with van der Waals surface area (Å²) in [5.74, 6) is 0.00855. The van der Waals surface area contributed by atoms with Crippen molar-refractivity contribution in [3.63, 3.8) is 0 Å². The van der Waals surface area contributed by atoms with Crippen molar-refractivity contribution < 1.29 is 4.79 Å². The van der Waals surface area contributed by atoms with Gasteiger partial charge in [0, 0.05) is 65.0 Å². The van der Waals surface area contributed by atoms with Crippen LogP contribution in [-0.4, -0.2) is 44.1 Å². The number of hydrogen-bond donors (Lipinski definition) is 3. The molecule has 0 saturated carbocycles. The van der Waals surface area contributed by atoms with E-state index in [0.29, 0.717) is 17.8 Å². The molecule has 3 N–H and O–H groups in total. The number of piperidine rings is 1. The number of anilines is 2. The second-order valence-electron chi connectivity index (χ2n) is 9.78. The van der Waals surface area contributed by atoms with E-state index in [4.69, 9.17) is 0 Å². The van der Waals surface area contributed by atoms with Crippen LogP contribution in [0, 0.1) is 0 Å². The van der Waals surface area contributed by atoms with E-state index in [1.807, 2.05) is 6.07 Å². The maximum absolute atomic E-state index is 12.2. The first kappa shape index (κ1) is 23.2. The standard InChI is InChI=1S/C29H31N7O/c1-2-3-10-27(37)32-21-13-19(16-30-18-21)20-14-23-28(34-35-29(23)31-17-20)25-15-22-24(33-25)8-7-9-26(22)36-11-5-4-6-12-36/h7-9,13-18,33H,2-6,10-12H2,1H3,(H,32,37)(H,31,34,35). The number of unbranched alkanes of at least 4 members (excludes halogenated alkanes) is 1. The SMILES string of the molecule is CCCCC(=O)Nc1cncc(-c2cnc3n[nH]c(-c4cc5c(N6CCCCC6)cccc5[nH]4)c3c2)c1. The predicted molar refractivity (Wildman–Crippen MR) is 149 cm³/mol. The first-order valence-electron chi connectivity index (χ1n) is 13.2. The Hall–Kier alpha value is -4.20. The quantitative estimate of drug-likeness (QED) is 0.247. The van der Waals surface area contributed by atoms with Gasteiger partial charge in [0.05, 0.1) is 23.3 Å². The van der Waals surface area contributed by atoms with E-state index in [-0.39, 0.29) is 5.91 Å². The molecule has 1 saturated heterocycles. The van der Waals surface area contributed by atoms with Crippen molar-refractivity contribution in [3.8, 4) is 22.5 Å². The number of fused-ring (bicyclic) bond motifs is 2. The zero-order valence-corrected chi connectivity index (χ0v) is 21.1. The Morgan fingerprint density at radius 1 is 1.03 bits per heavy atom. The van der Waals surface area contributed by atoms with Gasteiger partial charge in [-0.2, -0.15) is 5.10 Å². The van der Waals surface area contributed by atoms with Gasteiger partial charge >= 0.3 is 0 Å². The van der Waals surface area contributed by atoms with Gasteiger partial charge < -0.3 is 15.2 Å². The van der Waals surface area contributed by atoms with Crippen molar-refractivity contribution in [2.75, 3.05) is 23.3 Å². The number of aromatic nitrogens is 5. The molecule has 1 aliphatic heterocycles. The van der Waals surface area contributed by atoms with Crippen LogP contribution in [0.5, 0.6) is 0 Å². The minimum absolute atomic E-state index is 0.00855. The molecule has 0 atom stereocenters. The number of benzene rings is 1. The molecular weight excluding hydrogens is 462 g/mol. The van der Waals surface area contributed by atoms with Gasteiger partial charge in [-0.3, -0.25) is 14.9 Å². The molecule has 0 aliphatic carbocycles. The monoisotopic (exact) mass is 493 g/mol. The highest BCUT2D eigenvalue weighted by atomic mass is 16.1. The first-order chi connectivity index (χ1) is 18.2. The van der Waals surface area contributed by atoms with Crippen molar-refractivity contribution in [3.05, 3.63) is 55.0 Å². The summed E-state index contributed by atoms with van der Waals surface area (Å²) < 4.78 is 0. The lowest BCUT2D eigenvalue weighted by Crippen LogP contribution is -2.29. The maximum Gasteiger partial charge on any atom is 0.224 e. The minimum atomic E-state index is 0.00855. The van der Waals surface area contributed by atoms with Gasteiger partial charge in [-0.15, -0.1) is 0 Å². The Morgan fingerprint density at radius 3 is 2.76 bits per heavy atom. The molecular formula is C29H31N7O. The fourth-order valence-corrected chi connectivity index (χ4v) is 5.17. The van der Waals surface area contributed by atoms with Crippen LogP contribution in [0.1, 0.15) is 45.4 Å². The molecule has 0 unspecified atom stereocenters. The van der Waals surface area contributed by atoms with Crippen molar-refractivity contribution in [2.24, 2.45) is 0 Å². The molecule has 5 aromatic rings. The van der Waals surface area contributed by atoms with E-state index in [9.17, 15) is 4.79 Å². The lowest BCUT2D eigenvalue weighted by Gasteiger charge is -2.29. The number of pyridine rings is 2. The summed E-state index contributed by atoms with van der Waals surface area (Å²) in [6, 6.07) is 12.7. The summed E-state index contributed by atoms with van der Waals surface area (Å²) in [5, 5.41) is 12.8. The van der Waals surface area contributed by atoms with Crippen LogP contribution in [0.3, 0.4) is 0 Å². The summed E-state index contributed by atoms with van der Waals surface area (Å²) in [4.78, 5) is 27.2. The first-order valence-corrected chi connectivity index (χ1v) is 13.2. The van der Waals surface area contributed by atoms with Crippen molar-refractivity contribution >= 4 is 39.2 Å². The second-order valence-corrected chi connectivity index (χ2v) is 9.78.